The first-order valence-corrected chi connectivity index (χ1v) is 6.61. The molecule has 0 radical (unpaired) electrons. The normalized spacial score (nSPS) is 12.3. The molecule has 0 saturated heterocycles. The highest BCUT2D eigenvalue weighted by atomic mass is 32.2. The van der Waals surface area contributed by atoms with Gasteiger partial charge in [0, 0.05) is 11.9 Å². The first kappa shape index (κ1) is 12.1. The molecule has 2 nitrogen and oxygen atoms in total. The highest BCUT2D eigenvalue weighted by molar-refractivity contribution is 7.99. The molecule has 0 saturated carbocycles. The Morgan fingerprint density at radius 1 is 1.06 bits per heavy atom. The SMILES string of the molecule is O[C@H](CCSc1ccccn1)c1ccccc1. The van der Waals surface area contributed by atoms with Crippen LogP contribution in [0.3, 0.4) is 0 Å². The van der Waals surface area contributed by atoms with Crippen LogP contribution in [0, 0.1) is 0 Å². The molecule has 1 atom stereocenters. The number of aliphatic hydroxyl groups is 1. The molecule has 2 rings (SSSR count). The number of rotatable bonds is 5. The average molecular weight is 245 g/mol. The highest BCUT2D eigenvalue weighted by Gasteiger charge is 2.06. The summed E-state index contributed by atoms with van der Waals surface area (Å²) in [6.07, 6.45) is 2.15. The smallest absolute Gasteiger partial charge is 0.0959 e. The predicted octanol–water partition coefficient (Wildman–Crippen LogP) is 3.30. The zero-order valence-corrected chi connectivity index (χ0v) is 10.3. The summed E-state index contributed by atoms with van der Waals surface area (Å²) in [5.41, 5.74) is 0.981. The largest absolute Gasteiger partial charge is 0.388 e. The van der Waals surface area contributed by atoms with Crippen LogP contribution in [0.4, 0.5) is 0 Å². The molecule has 0 aliphatic carbocycles. The minimum atomic E-state index is -0.382. The van der Waals surface area contributed by atoms with E-state index in [0.29, 0.717) is 0 Å². The summed E-state index contributed by atoms with van der Waals surface area (Å²) in [6.45, 7) is 0. The molecule has 1 aromatic carbocycles. The molecule has 0 aliphatic heterocycles. The number of hydrogen-bond acceptors (Lipinski definition) is 3. The molecular formula is C14H15NOS. The summed E-state index contributed by atoms with van der Waals surface area (Å²) >= 11 is 1.67. The molecule has 17 heavy (non-hydrogen) atoms. The van der Waals surface area contributed by atoms with Crippen LogP contribution in [0.2, 0.25) is 0 Å². The van der Waals surface area contributed by atoms with Gasteiger partial charge in [0.1, 0.15) is 0 Å². The van der Waals surface area contributed by atoms with Crippen molar-refractivity contribution >= 4 is 11.8 Å². The van der Waals surface area contributed by atoms with Crippen molar-refractivity contribution < 1.29 is 5.11 Å². The lowest BCUT2D eigenvalue weighted by Crippen LogP contribution is -1.98. The van der Waals surface area contributed by atoms with Crippen molar-refractivity contribution in [3.05, 3.63) is 60.3 Å². The molecule has 0 fully saturated rings. The van der Waals surface area contributed by atoms with Gasteiger partial charge in [0.25, 0.3) is 0 Å². The van der Waals surface area contributed by atoms with E-state index in [-0.39, 0.29) is 6.10 Å². The van der Waals surface area contributed by atoms with E-state index in [4.69, 9.17) is 0 Å². The Bertz CT molecular complexity index is 432. The van der Waals surface area contributed by atoms with E-state index in [1.165, 1.54) is 0 Å². The van der Waals surface area contributed by atoms with Crippen LogP contribution in [0.1, 0.15) is 18.1 Å². The van der Waals surface area contributed by atoms with Gasteiger partial charge in [-0.1, -0.05) is 36.4 Å². The van der Waals surface area contributed by atoms with E-state index >= 15 is 0 Å². The molecule has 0 aliphatic rings. The summed E-state index contributed by atoms with van der Waals surface area (Å²) in [7, 11) is 0. The van der Waals surface area contributed by atoms with Gasteiger partial charge in [-0.15, -0.1) is 11.8 Å². The van der Waals surface area contributed by atoms with Gasteiger partial charge in [-0.05, 0) is 24.1 Å². The molecule has 3 heteroatoms. The maximum atomic E-state index is 9.96. The predicted molar refractivity (Wildman–Crippen MR) is 71.0 cm³/mol. The quantitative estimate of drug-likeness (QED) is 0.820. The zero-order chi connectivity index (χ0) is 11.9. The van der Waals surface area contributed by atoms with E-state index < -0.39 is 0 Å². The van der Waals surface area contributed by atoms with Gasteiger partial charge >= 0.3 is 0 Å². The summed E-state index contributed by atoms with van der Waals surface area (Å²) < 4.78 is 0. The fraction of sp³-hybridized carbons (Fsp3) is 0.214. The third-order valence-corrected chi connectivity index (χ3v) is 3.44. The Hall–Kier alpha value is -1.32. The van der Waals surface area contributed by atoms with Crippen LogP contribution in [0.15, 0.2) is 59.8 Å². The molecule has 2 aromatic rings. The van der Waals surface area contributed by atoms with E-state index in [9.17, 15) is 5.11 Å². The maximum Gasteiger partial charge on any atom is 0.0959 e. The second kappa shape index (κ2) is 6.42. The van der Waals surface area contributed by atoms with Crippen LogP contribution < -0.4 is 0 Å². The zero-order valence-electron chi connectivity index (χ0n) is 9.49. The minimum absolute atomic E-state index is 0.382. The van der Waals surface area contributed by atoms with Crippen LogP contribution >= 0.6 is 11.8 Å². The first-order chi connectivity index (χ1) is 8.36. The first-order valence-electron chi connectivity index (χ1n) is 5.63. The fourth-order valence-corrected chi connectivity index (χ4v) is 2.41. The number of aromatic nitrogens is 1. The van der Waals surface area contributed by atoms with Crippen LogP contribution in [-0.4, -0.2) is 15.8 Å². The Labute approximate surface area is 106 Å². The topological polar surface area (TPSA) is 33.1 Å². The van der Waals surface area contributed by atoms with E-state index in [1.54, 1.807) is 18.0 Å². The number of benzene rings is 1. The monoisotopic (exact) mass is 245 g/mol. The number of nitrogens with zero attached hydrogens (tertiary/aromatic N) is 1. The third-order valence-electron chi connectivity index (χ3n) is 2.46. The van der Waals surface area contributed by atoms with Crippen molar-refractivity contribution in [2.24, 2.45) is 0 Å². The molecule has 1 heterocycles. The minimum Gasteiger partial charge on any atom is -0.388 e. The number of aliphatic hydroxyl groups excluding tert-OH is 1. The summed E-state index contributed by atoms with van der Waals surface area (Å²) in [5, 5.41) is 11.0. The molecule has 0 bridgehead atoms. The van der Waals surface area contributed by atoms with Gasteiger partial charge in [0.15, 0.2) is 0 Å². The average Bonchev–Trinajstić information content (AvgIpc) is 2.41. The number of pyridine rings is 1. The Kier molecular flexibility index (Phi) is 4.59. The Morgan fingerprint density at radius 3 is 2.53 bits per heavy atom. The van der Waals surface area contributed by atoms with Crippen molar-refractivity contribution in [2.75, 3.05) is 5.75 Å². The van der Waals surface area contributed by atoms with Gasteiger partial charge < -0.3 is 5.11 Å². The van der Waals surface area contributed by atoms with Crippen molar-refractivity contribution in [3.63, 3.8) is 0 Å². The molecule has 0 unspecified atom stereocenters. The Balaban J connectivity index is 1.79. The van der Waals surface area contributed by atoms with Gasteiger partial charge in [-0.25, -0.2) is 4.98 Å². The lowest BCUT2D eigenvalue weighted by Gasteiger charge is -2.09. The van der Waals surface area contributed by atoms with Crippen LogP contribution in [0.25, 0.3) is 0 Å². The summed E-state index contributed by atoms with van der Waals surface area (Å²) in [6, 6.07) is 15.6. The fourth-order valence-electron chi connectivity index (χ4n) is 1.55. The Morgan fingerprint density at radius 2 is 1.82 bits per heavy atom. The maximum absolute atomic E-state index is 9.96. The third kappa shape index (κ3) is 3.88. The summed E-state index contributed by atoms with van der Waals surface area (Å²) in [5.74, 6) is 0.868. The van der Waals surface area contributed by atoms with E-state index in [1.807, 2.05) is 48.5 Å². The lowest BCUT2D eigenvalue weighted by atomic mass is 10.1. The van der Waals surface area contributed by atoms with Gasteiger partial charge in [0.2, 0.25) is 0 Å². The van der Waals surface area contributed by atoms with Gasteiger partial charge in [0.05, 0.1) is 11.1 Å². The molecule has 0 spiro atoms. The van der Waals surface area contributed by atoms with Gasteiger partial charge in [-0.3, -0.25) is 0 Å². The standard InChI is InChI=1S/C14H15NOS/c16-13(12-6-2-1-3-7-12)9-11-17-14-8-4-5-10-15-14/h1-8,10,13,16H,9,11H2/t13-/m1/s1. The second-order valence-electron chi connectivity index (χ2n) is 3.73. The molecule has 88 valence electrons. The van der Waals surface area contributed by atoms with Gasteiger partial charge in [-0.2, -0.15) is 0 Å². The molecule has 1 aromatic heterocycles. The molecular weight excluding hydrogens is 230 g/mol. The number of hydrogen-bond donors (Lipinski definition) is 1. The molecule has 1 N–H and O–H groups in total. The van der Waals surface area contributed by atoms with Crippen LogP contribution in [-0.2, 0) is 0 Å². The second-order valence-corrected chi connectivity index (χ2v) is 4.85. The number of thioether (sulfide) groups is 1. The molecule has 0 amide bonds. The van der Waals surface area contributed by atoms with Crippen molar-refractivity contribution in [1.82, 2.24) is 4.98 Å². The van der Waals surface area contributed by atoms with Crippen LogP contribution in [0.5, 0.6) is 0 Å². The summed E-state index contributed by atoms with van der Waals surface area (Å²) in [4.78, 5) is 4.23. The highest BCUT2D eigenvalue weighted by Crippen LogP contribution is 2.21. The van der Waals surface area contributed by atoms with Crippen molar-refractivity contribution in [1.29, 1.82) is 0 Å². The lowest BCUT2D eigenvalue weighted by molar-refractivity contribution is 0.175. The van der Waals surface area contributed by atoms with Crippen molar-refractivity contribution in [3.8, 4) is 0 Å². The van der Waals surface area contributed by atoms with E-state index in [0.717, 1.165) is 22.8 Å². The van der Waals surface area contributed by atoms with E-state index in [2.05, 4.69) is 4.98 Å². The van der Waals surface area contributed by atoms with Crippen molar-refractivity contribution in [2.45, 2.75) is 17.6 Å².